The zero-order valence-corrected chi connectivity index (χ0v) is 33.7. The molecule has 1 saturated heterocycles. The summed E-state index contributed by atoms with van der Waals surface area (Å²) in [6.45, 7) is 11.0. The second kappa shape index (κ2) is 14.6. The molecule has 2 aliphatic carbocycles. The van der Waals surface area contributed by atoms with Crippen molar-refractivity contribution in [3.8, 4) is 5.88 Å². The fourth-order valence-electron chi connectivity index (χ4n) is 8.08. The number of amides is 4. The van der Waals surface area contributed by atoms with Crippen molar-refractivity contribution < 1.29 is 37.1 Å². The van der Waals surface area contributed by atoms with Crippen molar-refractivity contribution in [1.29, 1.82) is 0 Å². The molecule has 302 valence electrons. The summed E-state index contributed by atoms with van der Waals surface area (Å²) in [6.07, 6.45) is 9.32. The van der Waals surface area contributed by atoms with Crippen LogP contribution in [0.3, 0.4) is 0 Å². The van der Waals surface area contributed by atoms with Gasteiger partial charge in [0.1, 0.15) is 23.3 Å². The topological polar surface area (TPSA) is 190 Å². The lowest BCUT2D eigenvalue weighted by molar-refractivity contribution is -0.143. The molecule has 1 aromatic carbocycles. The Morgan fingerprint density at radius 2 is 1.86 bits per heavy atom. The molecule has 4 amide bonds. The molecule has 3 N–H and O–H groups in total. The van der Waals surface area contributed by atoms with E-state index in [-0.39, 0.29) is 43.7 Å². The molecule has 2 saturated carbocycles. The smallest absolute Gasteiger partial charge is 0.407 e. The highest BCUT2D eigenvalue weighted by atomic mass is 32.2. The van der Waals surface area contributed by atoms with Crippen molar-refractivity contribution in [2.45, 2.75) is 115 Å². The van der Waals surface area contributed by atoms with Crippen LogP contribution in [0.4, 0.5) is 4.79 Å². The molecule has 0 bridgehead atoms. The average Bonchev–Trinajstić information content (AvgIpc) is 3.90. The van der Waals surface area contributed by atoms with Gasteiger partial charge in [0.05, 0.1) is 28.1 Å². The minimum absolute atomic E-state index is 0.0209. The molecule has 16 heteroatoms. The summed E-state index contributed by atoms with van der Waals surface area (Å²) >= 11 is 0. The van der Waals surface area contributed by atoms with Crippen molar-refractivity contribution in [3.05, 3.63) is 48.8 Å². The van der Waals surface area contributed by atoms with Gasteiger partial charge in [0.25, 0.3) is 5.91 Å². The molecule has 7 atom stereocenters. The Bertz CT molecular complexity index is 2180. The number of alkyl carbamates (subject to hydrolysis) is 1. The first-order valence-electron chi connectivity index (χ1n) is 19.6. The lowest BCUT2D eigenvalue weighted by Crippen LogP contribution is -2.58. The van der Waals surface area contributed by atoms with E-state index in [4.69, 9.17) is 9.47 Å². The molecule has 0 spiro atoms. The number of carbonyl (C=O) groups is 4. The molecular formula is C40H53N7O8S. The second-order valence-corrected chi connectivity index (χ2v) is 19.7. The summed E-state index contributed by atoms with van der Waals surface area (Å²) < 4.78 is 41.6. The number of carbonyl (C=O) groups excluding carboxylic acids is 4. The lowest BCUT2D eigenvalue weighted by Gasteiger charge is -2.33. The van der Waals surface area contributed by atoms with Crippen LogP contribution in [0.15, 0.2) is 48.8 Å². The minimum atomic E-state index is -3.99. The van der Waals surface area contributed by atoms with Gasteiger partial charge < -0.3 is 25.0 Å². The first kappa shape index (κ1) is 39.5. The summed E-state index contributed by atoms with van der Waals surface area (Å²) in [4.78, 5) is 66.8. The van der Waals surface area contributed by atoms with E-state index in [0.717, 1.165) is 11.9 Å². The van der Waals surface area contributed by atoms with Gasteiger partial charge in [-0.1, -0.05) is 38.1 Å². The van der Waals surface area contributed by atoms with Gasteiger partial charge in [0.15, 0.2) is 0 Å². The number of para-hydroxylation sites is 1. The number of aromatic nitrogens is 3. The van der Waals surface area contributed by atoms with Gasteiger partial charge in [-0.25, -0.2) is 18.2 Å². The second-order valence-electron chi connectivity index (χ2n) is 17.5. The standard InChI is InChI=1S/C40H53N7O8S/c1-24-11-7-8-12-26-21-40(26,35(50)45-56(52,53)39(6)15-16-39)44-32(48)31-20-27(54-33-28-13-9-10-14-30(28)46-18-17-41-36(46)43-33)23-47(31)34(49)29(25(2)19-24)22-42-37(51)55-38(3,4)5/h8-10,12-14,17-18,24-27,29,31H,7,11,15-16,19-23H2,1-6H3,(H,42,51)(H,44,48)(H,45,50). The van der Waals surface area contributed by atoms with Gasteiger partial charge >= 0.3 is 6.09 Å². The third-order valence-corrected chi connectivity index (χ3v) is 13.9. The fraction of sp³-hybridized carbons (Fsp3) is 0.600. The highest BCUT2D eigenvalue weighted by Crippen LogP contribution is 2.47. The van der Waals surface area contributed by atoms with E-state index >= 15 is 0 Å². The third kappa shape index (κ3) is 7.94. The SMILES string of the molecule is CC1CCC=CC2CC2(C(=O)NS(=O)(=O)C2(C)CC2)NC(=O)C2CC(Oc3nc4nccn4c4ccccc34)CN2C(=O)C(CNC(=O)OC(C)(C)C)C(C)C1. The number of nitrogens with one attached hydrogen (secondary N) is 3. The minimum Gasteiger partial charge on any atom is -0.472 e. The van der Waals surface area contributed by atoms with Gasteiger partial charge in [0.2, 0.25) is 33.5 Å². The monoisotopic (exact) mass is 791 g/mol. The zero-order chi connectivity index (χ0) is 40.2. The molecule has 4 heterocycles. The zero-order valence-electron chi connectivity index (χ0n) is 32.9. The first-order chi connectivity index (χ1) is 26.4. The predicted octanol–water partition coefficient (Wildman–Crippen LogP) is 4.26. The van der Waals surface area contributed by atoms with Gasteiger partial charge in [-0.3, -0.25) is 23.5 Å². The average molecular weight is 792 g/mol. The van der Waals surface area contributed by atoms with Crippen LogP contribution in [0.25, 0.3) is 16.7 Å². The maximum absolute atomic E-state index is 14.9. The van der Waals surface area contributed by atoms with Gasteiger partial charge in [-0.15, -0.1) is 0 Å². The number of hydrogen-bond acceptors (Lipinski definition) is 10. The van der Waals surface area contributed by atoms with Crippen LogP contribution in [-0.2, 0) is 29.1 Å². The number of fused-ring (bicyclic) bond motifs is 5. The lowest BCUT2D eigenvalue weighted by atomic mass is 9.83. The van der Waals surface area contributed by atoms with E-state index in [2.05, 4.69) is 32.2 Å². The van der Waals surface area contributed by atoms with Crippen molar-refractivity contribution in [2.24, 2.45) is 23.7 Å². The summed E-state index contributed by atoms with van der Waals surface area (Å²) in [5, 5.41) is 6.45. The van der Waals surface area contributed by atoms with Gasteiger partial charge in [0, 0.05) is 31.3 Å². The summed E-state index contributed by atoms with van der Waals surface area (Å²) in [5.41, 5.74) is -1.44. The number of imidazole rings is 1. The molecule has 3 fully saturated rings. The molecular weight excluding hydrogens is 739 g/mol. The molecule has 15 nitrogen and oxygen atoms in total. The van der Waals surface area contributed by atoms with Crippen molar-refractivity contribution in [2.75, 3.05) is 13.1 Å². The Labute approximate surface area is 327 Å². The molecule has 7 unspecified atom stereocenters. The Kier molecular flexibility index (Phi) is 10.3. The summed E-state index contributed by atoms with van der Waals surface area (Å²) in [7, 11) is -3.99. The summed E-state index contributed by atoms with van der Waals surface area (Å²) in [5.74, 6) is -2.16. The molecule has 56 heavy (non-hydrogen) atoms. The highest BCUT2D eigenvalue weighted by Gasteiger charge is 2.63. The first-order valence-corrected chi connectivity index (χ1v) is 21.1. The number of allylic oxidation sites excluding steroid dienone is 1. The Balaban J connectivity index is 1.22. The van der Waals surface area contributed by atoms with E-state index < -0.39 is 67.8 Å². The number of sulfonamides is 1. The molecule has 3 aromatic rings. The fourth-order valence-corrected chi connectivity index (χ4v) is 9.39. The van der Waals surface area contributed by atoms with E-state index in [9.17, 15) is 27.6 Å². The van der Waals surface area contributed by atoms with Crippen LogP contribution >= 0.6 is 0 Å². The normalized spacial score (nSPS) is 29.4. The van der Waals surface area contributed by atoms with Crippen LogP contribution in [-0.4, -0.2) is 92.6 Å². The van der Waals surface area contributed by atoms with E-state index in [0.29, 0.717) is 42.7 Å². The van der Waals surface area contributed by atoms with Crippen molar-refractivity contribution >= 4 is 50.5 Å². The number of ether oxygens (including phenoxy) is 2. The maximum atomic E-state index is 14.9. The van der Waals surface area contributed by atoms with Crippen LogP contribution in [0.5, 0.6) is 5.88 Å². The molecule has 4 aliphatic rings. The third-order valence-electron chi connectivity index (χ3n) is 11.8. The number of benzene rings is 1. The number of nitrogens with zero attached hydrogens (tertiary/aromatic N) is 4. The molecule has 2 aliphatic heterocycles. The van der Waals surface area contributed by atoms with Crippen molar-refractivity contribution in [1.82, 2.24) is 34.6 Å². The van der Waals surface area contributed by atoms with Crippen LogP contribution < -0.4 is 20.1 Å². The number of hydrogen-bond donors (Lipinski definition) is 3. The van der Waals surface area contributed by atoms with E-state index in [1.165, 1.54) is 4.90 Å². The predicted molar refractivity (Wildman–Crippen MR) is 208 cm³/mol. The Morgan fingerprint density at radius 1 is 1.11 bits per heavy atom. The van der Waals surface area contributed by atoms with Gasteiger partial charge in [-0.05, 0) is 90.2 Å². The van der Waals surface area contributed by atoms with E-state index in [1.54, 1.807) is 40.1 Å². The Morgan fingerprint density at radius 3 is 2.59 bits per heavy atom. The summed E-state index contributed by atoms with van der Waals surface area (Å²) in [6, 6.07) is 6.49. The maximum Gasteiger partial charge on any atom is 0.407 e. The van der Waals surface area contributed by atoms with Crippen LogP contribution in [0, 0.1) is 23.7 Å². The molecule has 0 radical (unpaired) electrons. The number of rotatable bonds is 7. The quantitative estimate of drug-likeness (QED) is 0.292. The van der Waals surface area contributed by atoms with E-state index in [1.807, 2.05) is 47.7 Å². The highest BCUT2D eigenvalue weighted by molar-refractivity contribution is 7.91. The van der Waals surface area contributed by atoms with Crippen LogP contribution in [0.1, 0.15) is 86.5 Å². The molecule has 7 rings (SSSR count). The largest absolute Gasteiger partial charge is 0.472 e. The molecule has 2 aromatic heterocycles. The Hall–Kier alpha value is -4.73. The van der Waals surface area contributed by atoms with Crippen molar-refractivity contribution in [3.63, 3.8) is 0 Å². The van der Waals surface area contributed by atoms with Gasteiger partial charge in [-0.2, -0.15) is 4.98 Å². The van der Waals surface area contributed by atoms with Crippen LogP contribution in [0.2, 0.25) is 0 Å².